The van der Waals surface area contributed by atoms with E-state index in [1.54, 1.807) is 0 Å². The van der Waals surface area contributed by atoms with Gasteiger partial charge >= 0.3 is 0 Å². The third-order valence-electron chi connectivity index (χ3n) is 3.12. The second kappa shape index (κ2) is 4.73. The quantitative estimate of drug-likeness (QED) is 0.900. The molecule has 1 atom stereocenters. The first-order valence-electron chi connectivity index (χ1n) is 6.47. The lowest BCUT2D eigenvalue weighted by molar-refractivity contribution is 0.314. The Morgan fingerprint density at radius 2 is 2.06 bits per heavy atom. The summed E-state index contributed by atoms with van der Waals surface area (Å²) in [6.45, 7) is 9.25. The van der Waals surface area contributed by atoms with Gasteiger partial charge in [0.15, 0.2) is 11.5 Å². The number of aryl methyl sites for hydroxylation is 1. The van der Waals surface area contributed by atoms with Crippen LogP contribution >= 0.6 is 0 Å². The number of oxazole rings is 1. The maximum Gasteiger partial charge on any atom is 0.199 e. The van der Waals surface area contributed by atoms with E-state index in [-0.39, 0.29) is 11.3 Å². The topological polar surface area (TPSA) is 52.0 Å². The highest BCUT2D eigenvalue weighted by Crippen LogP contribution is 2.32. The summed E-state index contributed by atoms with van der Waals surface area (Å²) in [6.07, 6.45) is 0.982. The maximum atomic E-state index is 5.91. The van der Waals surface area contributed by atoms with Crippen molar-refractivity contribution in [2.24, 2.45) is 11.1 Å². The molecule has 0 bridgehead atoms. The molecule has 0 aliphatic rings. The number of nitrogens with zero attached hydrogens (tertiary/aromatic N) is 1. The number of para-hydroxylation sites is 1. The lowest BCUT2D eigenvalue weighted by Gasteiger charge is -2.22. The van der Waals surface area contributed by atoms with Crippen LogP contribution in [0.3, 0.4) is 0 Å². The van der Waals surface area contributed by atoms with Crippen molar-refractivity contribution >= 4 is 11.1 Å². The van der Waals surface area contributed by atoms with Crippen LogP contribution in [0.1, 0.15) is 44.6 Å². The average Bonchev–Trinajstić information content (AvgIpc) is 2.70. The number of rotatable bonds is 3. The van der Waals surface area contributed by atoms with E-state index < -0.39 is 0 Å². The van der Waals surface area contributed by atoms with Gasteiger partial charge in [0.05, 0.1) is 0 Å². The molecule has 98 valence electrons. The van der Waals surface area contributed by atoms with Crippen LogP contribution in [0.15, 0.2) is 22.6 Å². The van der Waals surface area contributed by atoms with Gasteiger partial charge in [-0.15, -0.1) is 0 Å². The number of aromatic nitrogens is 1. The molecule has 2 N–H and O–H groups in total. The van der Waals surface area contributed by atoms with E-state index in [0.29, 0.717) is 6.54 Å². The Kier molecular flexibility index (Phi) is 3.44. The van der Waals surface area contributed by atoms with Crippen molar-refractivity contribution in [2.75, 3.05) is 6.54 Å². The van der Waals surface area contributed by atoms with Gasteiger partial charge in [-0.3, -0.25) is 0 Å². The SMILES string of the molecule is Cc1cccc2nc(C(CN)CC(C)(C)C)oc12. The summed E-state index contributed by atoms with van der Waals surface area (Å²) in [5, 5.41) is 0. The number of hydrogen-bond acceptors (Lipinski definition) is 3. The number of nitrogens with two attached hydrogens (primary N) is 1. The van der Waals surface area contributed by atoms with Gasteiger partial charge in [0.1, 0.15) is 5.52 Å². The standard InChI is InChI=1S/C15H22N2O/c1-10-6-5-7-12-13(10)18-14(17-12)11(9-16)8-15(2,3)4/h5-7,11H,8-9,16H2,1-4H3. The van der Waals surface area contributed by atoms with Crippen LogP contribution in [0.4, 0.5) is 0 Å². The third kappa shape index (κ3) is 2.72. The predicted octanol–water partition coefficient (Wildman–Crippen LogP) is 3.61. The van der Waals surface area contributed by atoms with E-state index in [9.17, 15) is 0 Å². The Balaban J connectivity index is 2.37. The van der Waals surface area contributed by atoms with Gasteiger partial charge in [0.25, 0.3) is 0 Å². The fourth-order valence-corrected chi connectivity index (χ4v) is 2.29. The fourth-order valence-electron chi connectivity index (χ4n) is 2.29. The van der Waals surface area contributed by atoms with Crippen LogP contribution in [0, 0.1) is 12.3 Å². The second-order valence-corrected chi connectivity index (χ2v) is 6.17. The zero-order valence-corrected chi connectivity index (χ0v) is 11.7. The Labute approximate surface area is 108 Å². The first-order chi connectivity index (χ1) is 8.40. The molecule has 0 saturated carbocycles. The summed E-state index contributed by atoms with van der Waals surface area (Å²) in [6, 6.07) is 6.03. The van der Waals surface area contributed by atoms with Gasteiger partial charge in [0, 0.05) is 12.5 Å². The molecule has 3 heteroatoms. The summed E-state index contributed by atoms with van der Waals surface area (Å²) >= 11 is 0. The van der Waals surface area contributed by atoms with Crippen molar-refractivity contribution in [1.82, 2.24) is 4.98 Å². The summed E-state index contributed by atoms with van der Waals surface area (Å²) in [5.74, 6) is 0.966. The van der Waals surface area contributed by atoms with Crippen LogP contribution in [0.5, 0.6) is 0 Å². The molecule has 0 aliphatic carbocycles. The van der Waals surface area contributed by atoms with Crippen LogP contribution < -0.4 is 5.73 Å². The summed E-state index contributed by atoms with van der Waals surface area (Å²) < 4.78 is 5.91. The molecule has 2 aromatic rings. The molecular weight excluding hydrogens is 224 g/mol. The highest BCUT2D eigenvalue weighted by Gasteiger charge is 2.23. The average molecular weight is 246 g/mol. The molecule has 1 aromatic carbocycles. The van der Waals surface area contributed by atoms with Gasteiger partial charge in [-0.05, 0) is 30.4 Å². The molecule has 1 aromatic heterocycles. The van der Waals surface area contributed by atoms with E-state index in [4.69, 9.17) is 10.2 Å². The molecule has 0 aliphatic heterocycles. The lowest BCUT2D eigenvalue weighted by Crippen LogP contribution is -2.19. The minimum absolute atomic E-state index is 0.191. The van der Waals surface area contributed by atoms with E-state index in [2.05, 4.69) is 25.8 Å². The molecule has 1 unspecified atom stereocenters. The molecule has 0 amide bonds. The second-order valence-electron chi connectivity index (χ2n) is 6.17. The smallest absolute Gasteiger partial charge is 0.199 e. The van der Waals surface area contributed by atoms with Crippen LogP contribution in [-0.2, 0) is 0 Å². The molecule has 2 rings (SSSR count). The summed E-state index contributed by atoms with van der Waals surface area (Å²) in [5.41, 5.74) is 9.03. The monoisotopic (exact) mass is 246 g/mol. The van der Waals surface area contributed by atoms with E-state index >= 15 is 0 Å². The Hall–Kier alpha value is -1.35. The zero-order chi connectivity index (χ0) is 13.3. The summed E-state index contributed by atoms with van der Waals surface area (Å²) in [7, 11) is 0. The van der Waals surface area contributed by atoms with Gasteiger partial charge in [0.2, 0.25) is 0 Å². The van der Waals surface area contributed by atoms with Crippen molar-refractivity contribution in [2.45, 2.75) is 40.0 Å². The van der Waals surface area contributed by atoms with Gasteiger partial charge in [-0.2, -0.15) is 0 Å². The zero-order valence-electron chi connectivity index (χ0n) is 11.7. The molecule has 3 nitrogen and oxygen atoms in total. The van der Waals surface area contributed by atoms with E-state index in [1.165, 1.54) is 0 Å². The van der Waals surface area contributed by atoms with Crippen LogP contribution in [0.25, 0.3) is 11.1 Å². The van der Waals surface area contributed by atoms with Gasteiger partial charge in [-0.25, -0.2) is 4.98 Å². The van der Waals surface area contributed by atoms with Crippen molar-refractivity contribution in [3.8, 4) is 0 Å². The van der Waals surface area contributed by atoms with Crippen molar-refractivity contribution in [3.05, 3.63) is 29.7 Å². The highest BCUT2D eigenvalue weighted by atomic mass is 16.3. The van der Waals surface area contributed by atoms with Gasteiger partial charge < -0.3 is 10.2 Å². The van der Waals surface area contributed by atoms with Crippen LogP contribution in [-0.4, -0.2) is 11.5 Å². The summed E-state index contributed by atoms with van der Waals surface area (Å²) in [4.78, 5) is 4.58. The fraction of sp³-hybridized carbons (Fsp3) is 0.533. The Bertz CT molecular complexity index is 537. The number of benzene rings is 1. The largest absolute Gasteiger partial charge is 0.440 e. The van der Waals surface area contributed by atoms with E-state index in [1.807, 2.05) is 25.1 Å². The molecule has 0 fully saturated rings. The molecule has 1 heterocycles. The first kappa shape index (κ1) is 13.1. The molecule has 0 spiro atoms. The van der Waals surface area contributed by atoms with Crippen LogP contribution in [0.2, 0.25) is 0 Å². The molecular formula is C15H22N2O. The highest BCUT2D eigenvalue weighted by molar-refractivity contribution is 5.76. The predicted molar refractivity (Wildman–Crippen MR) is 74.6 cm³/mol. The Morgan fingerprint density at radius 1 is 1.33 bits per heavy atom. The van der Waals surface area contributed by atoms with Crippen molar-refractivity contribution < 1.29 is 4.42 Å². The normalized spacial score (nSPS) is 14.1. The minimum Gasteiger partial charge on any atom is -0.440 e. The van der Waals surface area contributed by atoms with E-state index in [0.717, 1.165) is 29.0 Å². The first-order valence-corrected chi connectivity index (χ1v) is 6.47. The maximum absolute atomic E-state index is 5.91. The van der Waals surface area contributed by atoms with Crippen molar-refractivity contribution in [3.63, 3.8) is 0 Å². The molecule has 0 radical (unpaired) electrons. The number of fused-ring (bicyclic) bond motifs is 1. The minimum atomic E-state index is 0.191. The lowest BCUT2D eigenvalue weighted by atomic mass is 9.84. The molecule has 18 heavy (non-hydrogen) atoms. The Morgan fingerprint density at radius 3 is 2.61 bits per heavy atom. The van der Waals surface area contributed by atoms with Gasteiger partial charge in [-0.1, -0.05) is 32.9 Å². The third-order valence-corrected chi connectivity index (χ3v) is 3.12. The number of hydrogen-bond donors (Lipinski definition) is 1. The van der Waals surface area contributed by atoms with Crippen molar-refractivity contribution in [1.29, 1.82) is 0 Å². The molecule has 0 saturated heterocycles.